The highest BCUT2D eigenvalue weighted by molar-refractivity contribution is 5.72. The first-order chi connectivity index (χ1) is 9.65. The first-order valence-corrected chi connectivity index (χ1v) is 7.38. The maximum absolute atomic E-state index is 11.9. The summed E-state index contributed by atoms with van der Waals surface area (Å²) < 4.78 is 10.4. The summed E-state index contributed by atoms with van der Waals surface area (Å²) in [5.41, 5.74) is 0. The van der Waals surface area contributed by atoms with Gasteiger partial charge in [0.2, 0.25) is 5.89 Å². The van der Waals surface area contributed by atoms with Crippen LogP contribution in [0.1, 0.15) is 51.4 Å². The van der Waals surface area contributed by atoms with E-state index in [9.17, 15) is 4.79 Å². The van der Waals surface area contributed by atoms with E-state index >= 15 is 0 Å². The quantitative estimate of drug-likeness (QED) is 0.769. The molecule has 1 saturated heterocycles. The normalized spacial score (nSPS) is 21.6. The monoisotopic (exact) mass is 281 g/mol. The molecular formula is C14H23N3O3. The van der Waals surface area contributed by atoms with Crippen molar-refractivity contribution in [2.75, 3.05) is 19.7 Å². The van der Waals surface area contributed by atoms with Crippen molar-refractivity contribution >= 4 is 5.97 Å². The van der Waals surface area contributed by atoms with Crippen LogP contribution in [0.5, 0.6) is 0 Å². The summed E-state index contributed by atoms with van der Waals surface area (Å²) >= 11 is 0. The number of aryl methyl sites for hydroxylation is 1. The van der Waals surface area contributed by atoms with Gasteiger partial charge in [-0.1, -0.05) is 12.1 Å². The maximum Gasteiger partial charge on any atom is 0.310 e. The summed E-state index contributed by atoms with van der Waals surface area (Å²) in [5, 5.41) is 3.93. The fraction of sp³-hybridized carbons (Fsp3) is 0.786. The molecule has 2 rings (SSSR count). The van der Waals surface area contributed by atoms with Crippen molar-refractivity contribution in [3.8, 4) is 0 Å². The minimum Gasteiger partial charge on any atom is -0.466 e. The summed E-state index contributed by atoms with van der Waals surface area (Å²) in [4.78, 5) is 18.4. The second-order valence-corrected chi connectivity index (χ2v) is 5.16. The summed E-state index contributed by atoms with van der Waals surface area (Å²) in [7, 11) is 0. The highest BCUT2D eigenvalue weighted by atomic mass is 16.5. The van der Waals surface area contributed by atoms with Crippen LogP contribution in [0.4, 0.5) is 0 Å². The third kappa shape index (κ3) is 3.36. The molecule has 6 heteroatoms. The second kappa shape index (κ2) is 6.83. The Morgan fingerprint density at radius 2 is 2.35 bits per heavy atom. The minimum atomic E-state index is -0.0934. The van der Waals surface area contributed by atoms with E-state index in [4.69, 9.17) is 9.26 Å². The summed E-state index contributed by atoms with van der Waals surface area (Å²) in [6.45, 7) is 7.96. The van der Waals surface area contributed by atoms with E-state index < -0.39 is 0 Å². The Bertz CT molecular complexity index is 447. The van der Waals surface area contributed by atoms with Crippen molar-refractivity contribution in [1.29, 1.82) is 0 Å². The van der Waals surface area contributed by atoms with E-state index in [-0.39, 0.29) is 17.9 Å². The maximum atomic E-state index is 11.9. The standard InChI is InChI=1S/C14H23N3O3/c1-4-12-15-13(20-16-12)10(3)17-8-6-7-11(9-17)14(18)19-5-2/h10-11H,4-9H2,1-3H3. The molecule has 1 aliphatic rings. The van der Waals surface area contributed by atoms with Crippen LogP contribution in [0.25, 0.3) is 0 Å². The Morgan fingerprint density at radius 3 is 3.00 bits per heavy atom. The number of piperidine rings is 1. The van der Waals surface area contributed by atoms with Crippen LogP contribution in [-0.4, -0.2) is 40.7 Å². The molecule has 0 aliphatic carbocycles. The number of likely N-dealkylation sites (tertiary alicyclic amines) is 1. The molecule has 2 atom stereocenters. The first-order valence-electron chi connectivity index (χ1n) is 7.38. The van der Waals surface area contributed by atoms with Crippen LogP contribution >= 0.6 is 0 Å². The van der Waals surface area contributed by atoms with Crippen molar-refractivity contribution in [2.45, 2.75) is 46.1 Å². The zero-order valence-electron chi connectivity index (χ0n) is 12.5. The molecule has 2 heterocycles. The predicted octanol–water partition coefficient (Wildman–Crippen LogP) is 1.97. The number of carbonyl (C=O) groups excluding carboxylic acids is 1. The fourth-order valence-corrected chi connectivity index (χ4v) is 2.55. The molecule has 0 spiro atoms. The van der Waals surface area contributed by atoms with Crippen molar-refractivity contribution in [1.82, 2.24) is 15.0 Å². The number of aromatic nitrogens is 2. The Hall–Kier alpha value is -1.43. The van der Waals surface area contributed by atoms with Gasteiger partial charge in [0.15, 0.2) is 5.82 Å². The highest BCUT2D eigenvalue weighted by Crippen LogP contribution is 2.26. The number of esters is 1. The predicted molar refractivity (Wildman–Crippen MR) is 73.0 cm³/mol. The van der Waals surface area contributed by atoms with Crippen LogP contribution in [-0.2, 0) is 16.0 Å². The van der Waals surface area contributed by atoms with Gasteiger partial charge >= 0.3 is 5.97 Å². The van der Waals surface area contributed by atoms with Crippen molar-refractivity contribution in [3.05, 3.63) is 11.7 Å². The van der Waals surface area contributed by atoms with Gasteiger partial charge in [0, 0.05) is 13.0 Å². The molecule has 1 aliphatic heterocycles. The van der Waals surface area contributed by atoms with E-state index in [0.717, 1.165) is 31.6 Å². The van der Waals surface area contributed by atoms with Crippen LogP contribution in [0.2, 0.25) is 0 Å². The van der Waals surface area contributed by atoms with Gasteiger partial charge in [-0.15, -0.1) is 0 Å². The molecule has 0 bridgehead atoms. The van der Waals surface area contributed by atoms with Gasteiger partial charge < -0.3 is 9.26 Å². The summed E-state index contributed by atoms with van der Waals surface area (Å²) in [6, 6.07) is 0.0417. The summed E-state index contributed by atoms with van der Waals surface area (Å²) in [6.07, 6.45) is 2.65. The van der Waals surface area contributed by atoms with E-state index in [0.29, 0.717) is 19.0 Å². The Kier molecular flexibility index (Phi) is 5.11. The SMILES string of the molecule is CCOC(=O)C1CCCN(C(C)c2nc(CC)no2)C1. The molecule has 1 aromatic heterocycles. The van der Waals surface area contributed by atoms with Gasteiger partial charge in [0.05, 0.1) is 18.6 Å². The Labute approximate surface area is 119 Å². The van der Waals surface area contributed by atoms with Crippen LogP contribution in [0, 0.1) is 5.92 Å². The molecule has 1 fully saturated rings. The lowest BCUT2D eigenvalue weighted by Gasteiger charge is -2.34. The number of hydrogen-bond acceptors (Lipinski definition) is 6. The molecule has 112 valence electrons. The van der Waals surface area contributed by atoms with Gasteiger partial charge in [-0.05, 0) is 33.2 Å². The zero-order chi connectivity index (χ0) is 14.5. The molecule has 1 aromatic rings. The average molecular weight is 281 g/mol. The number of rotatable bonds is 5. The second-order valence-electron chi connectivity index (χ2n) is 5.16. The average Bonchev–Trinajstić information content (AvgIpc) is 2.96. The third-order valence-electron chi connectivity index (χ3n) is 3.78. The number of nitrogens with zero attached hydrogens (tertiary/aromatic N) is 3. The number of carbonyl (C=O) groups is 1. The highest BCUT2D eigenvalue weighted by Gasteiger charge is 2.31. The lowest BCUT2D eigenvalue weighted by atomic mass is 9.97. The molecule has 6 nitrogen and oxygen atoms in total. The summed E-state index contributed by atoms with van der Waals surface area (Å²) in [5.74, 6) is 1.22. The smallest absolute Gasteiger partial charge is 0.310 e. The van der Waals surface area contributed by atoms with Crippen molar-refractivity contribution < 1.29 is 14.1 Å². The molecule has 0 radical (unpaired) electrons. The van der Waals surface area contributed by atoms with Gasteiger partial charge in [0.1, 0.15) is 0 Å². The zero-order valence-corrected chi connectivity index (χ0v) is 12.5. The van der Waals surface area contributed by atoms with E-state index in [1.54, 1.807) is 0 Å². The Balaban J connectivity index is 1.99. The van der Waals surface area contributed by atoms with Gasteiger partial charge in [-0.2, -0.15) is 4.98 Å². The topological polar surface area (TPSA) is 68.5 Å². The van der Waals surface area contributed by atoms with E-state index in [1.165, 1.54) is 0 Å². The number of ether oxygens (including phenoxy) is 1. The fourth-order valence-electron chi connectivity index (χ4n) is 2.55. The largest absolute Gasteiger partial charge is 0.466 e. The molecule has 0 N–H and O–H groups in total. The van der Waals surface area contributed by atoms with Gasteiger partial charge in [-0.3, -0.25) is 9.69 Å². The molecule has 20 heavy (non-hydrogen) atoms. The van der Waals surface area contributed by atoms with Crippen LogP contribution < -0.4 is 0 Å². The van der Waals surface area contributed by atoms with Crippen LogP contribution in [0.3, 0.4) is 0 Å². The van der Waals surface area contributed by atoms with Gasteiger partial charge in [-0.25, -0.2) is 0 Å². The lowest BCUT2D eigenvalue weighted by molar-refractivity contribution is -0.150. The minimum absolute atomic E-state index is 0.0417. The first kappa shape index (κ1) is 15.0. The molecule has 0 amide bonds. The number of hydrogen-bond donors (Lipinski definition) is 0. The van der Waals surface area contributed by atoms with Gasteiger partial charge in [0.25, 0.3) is 0 Å². The van der Waals surface area contributed by atoms with Crippen LogP contribution in [0.15, 0.2) is 4.52 Å². The molecule has 0 aromatic carbocycles. The molecular weight excluding hydrogens is 258 g/mol. The van der Waals surface area contributed by atoms with E-state index in [2.05, 4.69) is 15.0 Å². The third-order valence-corrected chi connectivity index (χ3v) is 3.78. The van der Waals surface area contributed by atoms with E-state index in [1.807, 2.05) is 20.8 Å². The molecule has 0 saturated carbocycles. The van der Waals surface area contributed by atoms with Crippen molar-refractivity contribution in [3.63, 3.8) is 0 Å². The molecule has 2 unspecified atom stereocenters. The lowest BCUT2D eigenvalue weighted by Crippen LogP contribution is -2.40. The van der Waals surface area contributed by atoms with Crippen molar-refractivity contribution in [2.24, 2.45) is 5.92 Å². The Morgan fingerprint density at radius 1 is 1.55 bits per heavy atom.